The van der Waals surface area contributed by atoms with Crippen molar-refractivity contribution >= 4 is 16.1 Å². The van der Waals surface area contributed by atoms with Crippen molar-refractivity contribution in [2.75, 3.05) is 6.61 Å². The first-order chi connectivity index (χ1) is 6.38. The minimum absolute atomic E-state index is 2.41. The van der Waals surface area contributed by atoms with Gasteiger partial charge in [0.25, 0.3) is 0 Å². The zero-order valence-corrected chi connectivity index (χ0v) is 7.40. The minimum atomic E-state index is -5.92. The van der Waals surface area contributed by atoms with Gasteiger partial charge in [-0.15, -0.1) is 0 Å². The molecule has 0 heterocycles. The van der Waals surface area contributed by atoms with Gasteiger partial charge < -0.3 is 4.74 Å². The molecule has 15 heavy (non-hydrogen) atoms. The molecule has 0 atom stereocenters. The molecule has 0 aliphatic carbocycles. The molecule has 1 N–H and O–H groups in total. The number of carbonyl (C=O) groups excluding carboxylic acids is 1. The van der Waals surface area contributed by atoms with E-state index in [0.717, 1.165) is 0 Å². The van der Waals surface area contributed by atoms with Crippen LogP contribution < -0.4 is 0 Å². The van der Waals surface area contributed by atoms with Gasteiger partial charge in [0.1, 0.15) is 0 Å². The fraction of sp³-hybridized carbons (Fsp3) is 0.750. The Morgan fingerprint density at radius 2 is 1.60 bits per heavy atom. The van der Waals surface area contributed by atoms with Gasteiger partial charge in [-0.2, -0.15) is 30.4 Å². The number of rotatable bonds is 3. The molecule has 0 unspecified atom stereocenters. The highest BCUT2D eigenvalue weighted by Crippen LogP contribution is 2.23. The lowest BCUT2D eigenvalue weighted by Crippen LogP contribution is -2.37. The number of esters is 1. The third kappa shape index (κ3) is 3.95. The summed E-state index contributed by atoms with van der Waals surface area (Å²) in [6, 6.07) is 0. The molecule has 90 valence electrons. The van der Waals surface area contributed by atoms with E-state index in [1.165, 1.54) is 0 Å². The van der Waals surface area contributed by atoms with Crippen LogP contribution in [0.4, 0.5) is 22.0 Å². The Balaban J connectivity index is 4.49. The van der Waals surface area contributed by atoms with E-state index >= 15 is 0 Å². The molecule has 0 aliphatic heterocycles. The molecule has 0 aromatic carbocycles. The topological polar surface area (TPSA) is 80.7 Å². The zero-order valence-electron chi connectivity index (χ0n) is 6.59. The second-order valence-electron chi connectivity index (χ2n) is 2.19. The maximum Gasteiger partial charge on any atom is 0.490 e. The lowest BCUT2D eigenvalue weighted by atomic mass is 10.6. The third-order valence-corrected chi connectivity index (χ3v) is 1.85. The number of ether oxygens (including phenoxy) is 1. The molecule has 0 rings (SSSR count). The van der Waals surface area contributed by atoms with Crippen molar-refractivity contribution in [2.45, 2.75) is 11.4 Å². The Morgan fingerprint density at radius 1 is 1.20 bits per heavy atom. The Bertz CT molecular complexity index is 343. The number of hydrogen-bond donors (Lipinski definition) is 1. The highest BCUT2D eigenvalue weighted by Gasteiger charge is 2.48. The minimum Gasteiger partial charge on any atom is -0.451 e. The van der Waals surface area contributed by atoms with Gasteiger partial charge in [-0.1, -0.05) is 0 Å². The summed E-state index contributed by atoms with van der Waals surface area (Å²) in [5.41, 5.74) is 0. The van der Waals surface area contributed by atoms with Crippen LogP contribution in [0.15, 0.2) is 0 Å². The molecule has 0 aromatic heterocycles. The summed E-state index contributed by atoms with van der Waals surface area (Å²) in [7, 11) is -5.92. The van der Waals surface area contributed by atoms with Crippen LogP contribution >= 0.6 is 0 Å². The van der Waals surface area contributed by atoms with Crippen LogP contribution in [0, 0.1) is 0 Å². The van der Waals surface area contributed by atoms with Crippen LogP contribution in [0.1, 0.15) is 0 Å². The monoisotopic (exact) mass is 258 g/mol. The van der Waals surface area contributed by atoms with Crippen LogP contribution in [0.25, 0.3) is 0 Å². The summed E-state index contributed by atoms with van der Waals surface area (Å²) in [6.07, 6.45) is -5.52. The van der Waals surface area contributed by atoms with E-state index in [0.29, 0.717) is 0 Å². The van der Waals surface area contributed by atoms with E-state index in [1.54, 1.807) is 0 Å². The fourth-order valence-corrected chi connectivity index (χ4v) is 0.514. The first kappa shape index (κ1) is 14.0. The van der Waals surface area contributed by atoms with E-state index in [1.807, 2.05) is 0 Å². The maximum atomic E-state index is 12.2. The van der Waals surface area contributed by atoms with Gasteiger partial charge in [0.05, 0.1) is 0 Å². The number of alkyl halides is 5. The molecule has 0 bridgehead atoms. The Hall–Kier alpha value is -0.970. The van der Waals surface area contributed by atoms with Crippen LogP contribution in [0.2, 0.25) is 0 Å². The average Bonchev–Trinajstić information content (AvgIpc) is 1.96. The van der Waals surface area contributed by atoms with Crippen LogP contribution in [-0.4, -0.2) is 37.0 Å². The number of hydrogen-bond acceptors (Lipinski definition) is 4. The van der Waals surface area contributed by atoms with Gasteiger partial charge in [-0.05, 0) is 0 Å². The summed E-state index contributed by atoms with van der Waals surface area (Å²) in [4.78, 5) is 9.88. The van der Waals surface area contributed by atoms with Crippen molar-refractivity contribution < 1.29 is 44.5 Å². The van der Waals surface area contributed by atoms with E-state index in [4.69, 9.17) is 4.55 Å². The van der Waals surface area contributed by atoms with Crippen molar-refractivity contribution in [1.29, 1.82) is 0 Å². The van der Waals surface area contributed by atoms with Crippen LogP contribution in [-0.2, 0) is 19.6 Å². The van der Waals surface area contributed by atoms with Gasteiger partial charge in [0, 0.05) is 0 Å². The van der Waals surface area contributed by atoms with E-state index < -0.39 is 34.1 Å². The van der Waals surface area contributed by atoms with Crippen LogP contribution in [0.3, 0.4) is 0 Å². The first-order valence-electron chi connectivity index (χ1n) is 2.97. The Kier molecular flexibility index (Phi) is 3.63. The SMILES string of the molecule is O=C(OCC(F)(F)S(=O)(=O)O)C(F)(F)F. The van der Waals surface area contributed by atoms with Gasteiger partial charge in [0.15, 0.2) is 6.61 Å². The van der Waals surface area contributed by atoms with E-state index in [-0.39, 0.29) is 0 Å². The summed E-state index contributed by atoms with van der Waals surface area (Å²) >= 11 is 0. The van der Waals surface area contributed by atoms with Crippen molar-refractivity contribution in [2.24, 2.45) is 0 Å². The quantitative estimate of drug-likeness (QED) is 0.454. The predicted molar refractivity (Wildman–Crippen MR) is 33.5 cm³/mol. The summed E-state index contributed by atoms with van der Waals surface area (Å²) < 4.78 is 89.0. The average molecular weight is 258 g/mol. The largest absolute Gasteiger partial charge is 0.490 e. The number of carbonyl (C=O) groups is 1. The molecule has 0 radical (unpaired) electrons. The first-order valence-corrected chi connectivity index (χ1v) is 4.41. The summed E-state index contributed by atoms with van der Waals surface area (Å²) in [5.74, 6) is -2.98. The molecular weight excluding hydrogens is 255 g/mol. The number of halogens is 5. The molecular formula is C4H3F5O5S. The lowest BCUT2D eigenvalue weighted by Gasteiger charge is -2.13. The molecule has 0 fully saturated rings. The second-order valence-corrected chi connectivity index (χ2v) is 3.73. The lowest BCUT2D eigenvalue weighted by molar-refractivity contribution is -0.204. The van der Waals surface area contributed by atoms with Crippen molar-refractivity contribution in [3.63, 3.8) is 0 Å². The summed E-state index contributed by atoms with van der Waals surface area (Å²) in [5, 5.41) is -4.98. The maximum absolute atomic E-state index is 12.2. The molecule has 5 nitrogen and oxygen atoms in total. The third-order valence-electron chi connectivity index (χ3n) is 0.980. The molecule has 0 saturated carbocycles. The highest BCUT2D eigenvalue weighted by atomic mass is 32.2. The normalized spacial score (nSPS) is 13.7. The van der Waals surface area contributed by atoms with Gasteiger partial charge >= 0.3 is 27.5 Å². The fourth-order valence-electron chi connectivity index (χ4n) is 0.306. The molecule has 0 amide bonds. The predicted octanol–water partition coefficient (Wildman–Crippen LogP) is 0.573. The van der Waals surface area contributed by atoms with Crippen molar-refractivity contribution in [1.82, 2.24) is 0 Å². The van der Waals surface area contributed by atoms with Gasteiger partial charge in [-0.3, -0.25) is 4.55 Å². The molecule has 0 spiro atoms. The van der Waals surface area contributed by atoms with E-state index in [9.17, 15) is 35.2 Å². The highest BCUT2D eigenvalue weighted by molar-refractivity contribution is 7.86. The van der Waals surface area contributed by atoms with Crippen LogP contribution in [0.5, 0.6) is 0 Å². The molecule has 0 aliphatic rings. The van der Waals surface area contributed by atoms with Crippen molar-refractivity contribution in [3.05, 3.63) is 0 Å². The summed E-state index contributed by atoms with van der Waals surface area (Å²) in [6.45, 7) is -2.41. The van der Waals surface area contributed by atoms with E-state index in [2.05, 4.69) is 4.74 Å². The second kappa shape index (κ2) is 3.89. The smallest absolute Gasteiger partial charge is 0.451 e. The standard InChI is InChI=1S/C4H3F5O5S/c5-3(6,15(11,12)13)1-14-2(10)4(7,8)9/h1H2,(H,11,12,13). The van der Waals surface area contributed by atoms with Crippen molar-refractivity contribution in [3.8, 4) is 0 Å². The molecule has 0 saturated heterocycles. The molecule has 0 aromatic rings. The Labute approximate surface area is 79.6 Å². The van der Waals surface area contributed by atoms with Gasteiger partial charge in [0.2, 0.25) is 0 Å². The molecule has 11 heteroatoms. The zero-order chi connectivity index (χ0) is 12.5. The Morgan fingerprint density at radius 3 is 1.87 bits per heavy atom. The van der Waals surface area contributed by atoms with Gasteiger partial charge in [-0.25, -0.2) is 4.79 Å².